The minimum Gasteiger partial charge on any atom is -0.497 e. The van der Waals surface area contributed by atoms with Gasteiger partial charge in [-0.1, -0.05) is 26.0 Å². The van der Waals surface area contributed by atoms with Gasteiger partial charge in [-0.2, -0.15) is 0 Å². The van der Waals surface area contributed by atoms with Crippen LogP contribution in [0.5, 0.6) is 5.75 Å². The monoisotopic (exact) mass is 261 g/mol. The van der Waals surface area contributed by atoms with Crippen molar-refractivity contribution in [2.45, 2.75) is 52.1 Å². The molecule has 1 aliphatic rings. The predicted molar refractivity (Wildman–Crippen MR) is 80.5 cm³/mol. The fourth-order valence-corrected chi connectivity index (χ4v) is 3.04. The molecule has 1 saturated carbocycles. The number of methoxy groups -OCH3 is 1. The second-order valence-electron chi connectivity index (χ2n) is 6.13. The van der Waals surface area contributed by atoms with Gasteiger partial charge in [0.1, 0.15) is 5.75 Å². The summed E-state index contributed by atoms with van der Waals surface area (Å²) < 4.78 is 5.20. The Morgan fingerprint density at radius 1 is 1.11 bits per heavy atom. The van der Waals surface area contributed by atoms with E-state index in [1.807, 2.05) is 12.1 Å². The molecule has 2 rings (SSSR count). The number of hydrogen-bond acceptors (Lipinski definition) is 2. The normalized spacial score (nSPS) is 28.9. The van der Waals surface area contributed by atoms with Crippen molar-refractivity contribution < 1.29 is 4.74 Å². The fourth-order valence-electron chi connectivity index (χ4n) is 3.04. The minimum atomic E-state index is 0.413. The highest BCUT2D eigenvalue weighted by molar-refractivity contribution is 5.28. The topological polar surface area (TPSA) is 21.3 Å². The van der Waals surface area contributed by atoms with Crippen molar-refractivity contribution in [2.75, 3.05) is 7.11 Å². The number of benzene rings is 1. The molecule has 1 fully saturated rings. The largest absolute Gasteiger partial charge is 0.497 e. The summed E-state index contributed by atoms with van der Waals surface area (Å²) in [6.07, 6.45) is 3.97. The molecule has 1 aromatic rings. The van der Waals surface area contributed by atoms with Gasteiger partial charge in [0.25, 0.3) is 0 Å². The van der Waals surface area contributed by atoms with Crippen molar-refractivity contribution in [3.8, 4) is 5.75 Å². The maximum atomic E-state index is 5.20. The molecule has 0 spiro atoms. The summed E-state index contributed by atoms with van der Waals surface area (Å²) in [6, 6.07) is 9.48. The Hall–Kier alpha value is -1.02. The van der Waals surface area contributed by atoms with E-state index in [0.717, 1.165) is 17.6 Å². The molecule has 0 saturated heterocycles. The maximum Gasteiger partial charge on any atom is 0.118 e. The minimum absolute atomic E-state index is 0.413. The van der Waals surface area contributed by atoms with Crippen molar-refractivity contribution in [3.05, 3.63) is 29.8 Å². The lowest BCUT2D eigenvalue weighted by molar-refractivity contribution is 0.217. The van der Waals surface area contributed by atoms with Crippen LogP contribution in [0.25, 0.3) is 0 Å². The summed E-state index contributed by atoms with van der Waals surface area (Å²) in [5, 5.41) is 3.78. The Labute approximate surface area is 117 Å². The third kappa shape index (κ3) is 3.73. The molecule has 0 aliphatic heterocycles. The van der Waals surface area contributed by atoms with Crippen LogP contribution in [0, 0.1) is 11.8 Å². The summed E-state index contributed by atoms with van der Waals surface area (Å²) >= 11 is 0. The second kappa shape index (κ2) is 6.42. The van der Waals surface area contributed by atoms with Crippen molar-refractivity contribution >= 4 is 0 Å². The SMILES string of the molecule is COc1ccc([C@@H](C)NC2CCC(C)C(C)C2)cc1. The highest BCUT2D eigenvalue weighted by Crippen LogP contribution is 2.30. The van der Waals surface area contributed by atoms with Crippen LogP contribution >= 0.6 is 0 Å². The van der Waals surface area contributed by atoms with Crippen molar-refractivity contribution in [2.24, 2.45) is 11.8 Å². The molecule has 106 valence electrons. The van der Waals surface area contributed by atoms with Crippen LogP contribution < -0.4 is 10.1 Å². The summed E-state index contributed by atoms with van der Waals surface area (Å²) in [7, 11) is 1.71. The molecule has 0 aromatic heterocycles. The van der Waals surface area contributed by atoms with E-state index in [9.17, 15) is 0 Å². The zero-order valence-electron chi connectivity index (χ0n) is 12.6. The second-order valence-corrected chi connectivity index (χ2v) is 6.13. The molecule has 1 aliphatic carbocycles. The molecule has 3 unspecified atom stereocenters. The van der Waals surface area contributed by atoms with E-state index in [-0.39, 0.29) is 0 Å². The van der Waals surface area contributed by atoms with E-state index < -0.39 is 0 Å². The summed E-state index contributed by atoms with van der Waals surface area (Å²) in [5.74, 6) is 2.65. The van der Waals surface area contributed by atoms with Gasteiger partial charge < -0.3 is 10.1 Å². The first-order valence-electron chi connectivity index (χ1n) is 7.50. The van der Waals surface area contributed by atoms with Crippen LogP contribution in [0.4, 0.5) is 0 Å². The fraction of sp³-hybridized carbons (Fsp3) is 0.647. The number of nitrogens with one attached hydrogen (secondary N) is 1. The standard InChI is InChI=1S/C17H27NO/c1-12-5-8-16(11-13(12)2)18-14(3)15-6-9-17(19-4)10-7-15/h6-7,9-10,12-14,16,18H,5,8,11H2,1-4H3/t12?,13?,14-,16?/m1/s1. The Morgan fingerprint density at radius 3 is 2.37 bits per heavy atom. The maximum absolute atomic E-state index is 5.20. The lowest BCUT2D eigenvalue weighted by Crippen LogP contribution is -2.37. The van der Waals surface area contributed by atoms with Crippen molar-refractivity contribution in [1.29, 1.82) is 0 Å². The van der Waals surface area contributed by atoms with Crippen LogP contribution in [-0.2, 0) is 0 Å². The highest BCUT2D eigenvalue weighted by atomic mass is 16.5. The zero-order chi connectivity index (χ0) is 13.8. The summed E-state index contributed by atoms with van der Waals surface area (Å²) in [4.78, 5) is 0. The van der Waals surface area contributed by atoms with E-state index in [2.05, 4.69) is 38.2 Å². The molecule has 19 heavy (non-hydrogen) atoms. The lowest BCUT2D eigenvalue weighted by Gasteiger charge is -2.34. The quantitative estimate of drug-likeness (QED) is 0.878. The molecule has 1 N–H and O–H groups in total. The molecular weight excluding hydrogens is 234 g/mol. The van der Waals surface area contributed by atoms with Gasteiger partial charge in [-0.25, -0.2) is 0 Å². The van der Waals surface area contributed by atoms with Gasteiger partial charge in [0.2, 0.25) is 0 Å². The molecule has 0 bridgehead atoms. The van der Waals surface area contributed by atoms with Gasteiger partial charge in [-0.15, -0.1) is 0 Å². The number of rotatable bonds is 4. The summed E-state index contributed by atoms with van der Waals surface area (Å²) in [5.41, 5.74) is 1.34. The van der Waals surface area contributed by atoms with E-state index in [0.29, 0.717) is 12.1 Å². The van der Waals surface area contributed by atoms with E-state index in [1.165, 1.54) is 24.8 Å². The molecule has 0 amide bonds. The smallest absolute Gasteiger partial charge is 0.118 e. The van der Waals surface area contributed by atoms with Gasteiger partial charge in [-0.05, 0) is 55.7 Å². The number of hydrogen-bond donors (Lipinski definition) is 1. The number of ether oxygens (including phenoxy) is 1. The third-order valence-corrected chi connectivity index (χ3v) is 4.70. The molecule has 2 nitrogen and oxygen atoms in total. The first-order valence-corrected chi connectivity index (χ1v) is 7.50. The molecule has 0 heterocycles. The van der Waals surface area contributed by atoms with E-state index in [1.54, 1.807) is 7.11 Å². The molecule has 2 heteroatoms. The van der Waals surface area contributed by atoms with Crippen LogP contribution in [0.3, 0.4) is 0 Å². The van der Waals surface area contributed by atoms with Crippen LogP contribution in [0.2, 0.25) is 0 Å². The first kappa shape index (κ1) is 14.4. The van der Waals surface area contributed by atoms with Gasteiger partial charge >= 0.3 is 0 Å². The van der Waals surface area contributed by atoms with Crippen molar-refractivity contribution in [1.82, 2.24) is 5.32 Å². The summed E-state index contributed by atoms with van der Waals surface area (Å²) in [6.45, 7) is 7.02. The van der Waals surface area contributed by atoms with Crippen LogP contribution in [-0.4, -0.2) is 13.2 Å². The first-order chi connectivity index (χ1) is 9.10. The highest BCUT2D eigenvalue weighted by Gasteiger charge is 2.25. The van der Waals surface area contributed by atoms with Gasteiger partial charge in [0.15, 0.2) is 0 Å². The van der Waals surface area contributed by atoms with Crippen molar-refractivity contribution in [3.63, 3.8) is 0 Å². The zero-order valence-corrected chi connectivity index (χ0v) is 12.6. The Balaban J connectivity index is 1.91. The molecule has 4 atom stereocenters. The predicted octanol–water partition coefficient (Wildman–Crippen LogP) is 4.17. The average Bonchev–Trinajstić information content (AvgIpc) is 2.43. The van der Waals surface area contributed by atoms with Gasteiger partial charge in [0.05, 0.1) is 7.11 Å². The van der Waals surface area contributed by atoms with Gasteiger partial charge in [0, 0.05) is 12.1 Å². The lowest BCUT2D eigenvalue weighted by atomic mass is 9.79. The van der Waals surface area contributed by atoms with Gasteiger partial charge in [-0.3, -0.25) is 0 Å². The van der Waals surface area contributed by atoms with Crippen LogP contribution in [0.15, 0.2) is 24.3 Å². The average molecular weight is 261 g/mol. The Kier molecular flexibility index (Phi) is 4.87. The Morgan fingerprint density at radius 2 is 1.79 bits per heavy atom. The third-order valence-electron chi connectivity index (χ3n) is 4.70. The molecule has 0 radical (unpaired) electrons. The van der Waals surface area contributed by atoms with E-state index >= 15 is 0 Å². The molecule has 1 aromatic carbocycles. The van der Waals surface area contributed by atoms with E-state index in [4.69, 9.17) is 4.74 Å². The van der Waals surface area contributed by atoms with Crippen LogP contribution in [0.1, 0.15) is 51.6 Å². The Bertz CT molecular complexity index is 387. The molecular formula is C17H27NO.